The first kappa shape index (κ1) is 20.8. The molecule has 5 rings (SSSR count). The molecule has 0 aliphatic heterocycles. The fourth-order valence-electron chi connectivity index (χ4n) is 3.48. The molecule has 0 atom stereocenters. The lowest BCUT2D eigenvalue weighted by molar-refractivity contribution is 0.849. The van der Waals surface area contributed by atoms with E-state index in [-0.39, 0.29) is 11.5 Å². The molecule has 5 aromatic rings. The van der Waals surface area contributed by atoms with Crippen molar-refractivity contribution < 1.29 is 0 Å². The molecule has 0 unspecified atom stereocenters. The second kappa shape index (κ2) is 8.84. The maximum absolute atomic E-state index is 13.4. The van der Waals surface area contributed by atoms with E-state index in [2.05, 4.69) is 5.32 Å². The van der Waals surface area contributed by atoms with Gasteiger partial charge in [0.05, 0.1) is 5.69 Å². The fraction of sp³-hybridized carbons (Fsp3) is 0.0800. The molecule has 0 radical (unpaired) electrons. The van der Waals surface area contributed by atoms with Crippen molar-refractivity contribution in [3.63, 3.8) is 0 Å². The van der Waals surface area contributed by atoms with E-state index >= 15 is 0 Å². The minimum absolute atomic E-state index is 0.244. The molecule has 2 aromatic heterocycles. The zero-order valence-electron chi connectivity index (χ0n) is 18.0. The van der Waals surface area contributed by atoms with E-state index in [1.807, 2.05) is 91.9 Å². The van der Waals surface area contributed by atoms with Crippen molar-refractivity contribution in [2.45, 2.75) is 17.7 Å². The molecule has 2 heterocycles. The van der Waals surface area contributed by atoms with Crippen molar-refractivity contribution in [2.75, 3.05) is 11.2 Å². The highest BCUT2D eigenvalue weighted by Crippen LogP contribution is 2.29. The average Bonchev–Trinajstić information content (AvgIpc) is 3.22. The third-order valence-corrected chi connectivity index (χ3v) is 6.27. The highest BCUT2D eigenvalue weighted by atomic mass is 32.2. The quantitative estimate of drug-likeness (QED) is 0.287. The van der Waals surface area contributed by atoms with Gasteiger partial charge in [0, 0.05) is 11.4 Å². The van der Waals surface area contributed by atoms with Gasteiger partial charge in [0.25, 0.3) is 5.56 Å². The number of nitrogens with zero attached hydrogens (tertiary/aromatic N) is 4. The standard InChI is InChI=1S/C25H22N6OS/c1-17-12-14-19(15-13-17)27-25-28-22-21(24(32)30(25)26)23(33-16-18-8-4-2-5-9-18)29-31(22)20-10-6-3-7-11-20/h2-15H,16,26H2,1H3,(H,27,28). The number of nitrogens with two attached hydrogens (primary N) is 1. The summed E-state index contributed by atoms with van der Waals surface area (Å²) in [6.45, 7) is 2.01. The van der Waals surface area contributed by atoms with Crippen LogP contribution >= 0.6 is 11.8 Å². The van der Waals surface area contributed by atoms with E-state index in [1.54, 1.807) is 4.68 Å². The molecule has 0 saturated carbocycles. The molecule has 8 heteroatoms. The minimum Gasteiger partial charge on any atom is -0.333 e. The van der Waals surface area contributed by atoms with Crippen LogP contribution in [0.1, 0.15) is 11.1 Å². The number of nitrogen functional groups attached to an aromatic ring is 1. The monoisotopic (exact) mass is 454 g/mol. The van der Waals surface area contributed by atoms with Crippen LogP contribution in [0.15, 0.2) is 94.7 Å². The highest BCUT2D eigenvalue weighted by molar-refractivity contribution is 7.98. The number of thioether (sulfide) groups is 1. The summed E-state index contributed by atoms with van der Waals surface area (Å²) in [5, 5.41) is 8.91. The van der Waals surface area contributed by atoms with E-state index in [9.17, 15) is 4.79 Å². The van der Waals surface area contributed by atoms with E-state index in [0.29, 0.717) is 21.8 Å². The summed E-state index contributed by atoms with van der Waals surface area (Å²) < 4.78 is 2.75. The Morgan fingerprint density at radius 1 is 0.939 bits per heavy atom. The number of anilines is 2. The molecule has 164 valence electrons. The summed E-state index contributed by atoms with van der Waals surface area (Å²) in [5.41, 5.74) is 3.98. The van der Waals surface area contributed by atoms with Crippen molar-refractivity contribution in [3.8, 4) is 5.69 Å². The molecule has 0 aliphatic rings. The Kier molecular flexibility index (Phi) is 5.58. The van der Waals surface area contributed by atoms with Gasteiger partial charge in [-0.15, -0.1) is 0 Å². The smallest absolute Gasteiger partial charge is 0.285 e. The first-order valence-electron chi connectivity index (χ1n) is 10.5. The van der Waals surface area contributed by atoms with Crippen LogP contribution in [0.25, 0.3) is 16.7 Å². The predicted octanol–water partition coefficient (Wildman–Crippen LogP) is 4.64. The van der Waals surface area contributed by atoms with Crippen molar-refractivity contribution in [1.29, 1.82) is 0 Å². The molecule has 3 aromatic carbocycles. The van der Waals surface area contributed by atoms with Crippen LogP contribution in [-0.2, 0) is 5.75 Å². The summed E-state index contributed by atoms with van der Waals surface area (Å²) in [6, 6.07) is 27.5. The Hall–Kier alpha value is -4.04. The number of para-hydroxylation sites is 1. The summed E-state index contributed by atoms with van der Waals surface area (Å²) in [6.07, 6.45) is 0. The normalized spacial score (nSPS) is 11.1. The van der Waals surface area contributed by atoms with Crippen molar-refractivity contribution in [3.05, 3.63) is 106 Å². The molecular formula is C25H22N6OS. The van der Waals surface area contributed by atoms with Crippen molar-refractivity contribution >= 4 is 34.4 Å². The number of aryl methyl sites for hydroxylation is 1. The second-order valence-corrected chi connectivity index (χ2v) is 8.59. The number of fused-ring (bicyclic) bond motifs is 1. The molecule has 3 N–H and O–H groups in total. The van der Waals surface area contributed by atoms with Crippen LogP contribution in [0, 0.1) is 6.92 Å². The minimum atomic E-state index is -0.354. The highest BCUT2D eigenvalue weighted by Gasteiger charge is 2.21. The average molecular weight is 455 g/mol. The Balaban J connectivity index is 1.63. The van der Waals surface area contributed by atoms with E-state index < -0.39 is 0 Å². The van der Waals surface area contributed by atoms with Crippen LogP contribution < -0.4 is 16.7 Å². The van der Waals surface area contributed by atoms with Crippen molar-refractivity contribution in [2.24, 2.45) is 0 Å². The fourth-order valence-corrected chi connectivity index (χ4v) is 4.44. The maximum Gasteiger partial charge on any atom is 0.285 e. The van der Waals surface area contributed by atoms with Crippen LogP contribution in [0.5, 0.6) is 0 Å². The van der Waals surface area contributed by atoms with Gasteiger partial charge in [0.1, 0.15) is 10.4 Å². The van der Waals surface area contributed by atoms with Gasteiger partial charge < -0.3 is 11.2 Å². The summed E-state index contributed by atoms with van der Waals surface area (Å²) in [4.78, 5) is 18.1. The third kappa shape index (κ3) is 4.20. The van der Waals surface area contributed by atoms with Crippen LogP contribution in [0.2, 0.25) is 0 Å². The Morgan fingerprint density at radius 2 is 1.61 bits per heavy atom. The molecule has 0 fully saturated rings. The SMILES string of the molecule is Cc1ccc(Nc2nc3c(c(SCc4ccccc4)nn3-c3ccccc3)c(=O)n2N)cc1. The molecular weight excluding hydrogens is 432 g/mol. The first-order valence-corrected chi connectivity index (χ1v) is 11.5. The van der Waals surface area contributed by atoms with Gasteiger partial charge in [-0.1, -0.05) is 78.0 Å². The van der Waals surface area contributed by atoms with E-state index in [0.717, 1.165) is 27.2 Å². The number of benzene rings is 3. The molecule has 0 bridgehead atoms. The van der Waals surface area contributed by atoms with Crippen LogP contribution in [0.4, 0.5) is 11.6 Å². The van der Waals surface area contributed by atoms with Gasteiger partial charge in [-0.2, -0.15) is 14.8 Å². The van der Waals surface area contributed by atoms with Crippen LogP contribution in [0.3, 0.4) is 0 Å². The van der Waals surface area contributed by atoms with E-state index in [4.69, 9.17) is 15.9 Å². The Morgan fingerprint density at radius 3 is 2.30 bits per heavy atom. The maximum atomic E-state index is 13.4. The van der Waals surface area contributed by atoms with Gasteiger partial charge >= 0.3 is 0 Å². The largest absolute Gasteiger partial charge is 0.333 e. The number of hydrogen-bond donors (Lipinski definition) is 2. The number of nitrogens with one attached hydrogen (secondary N) is 1. The lowest BCUT2D eigenvalue weighted by Gasteiger charge is -2.11. The number of aromatic nitrogens is 4. The van der Waals surface area contributed by atoms with Gasteiger partial charge in [-0.25, -0.2) is 4.68 Å². The molecule has 0 aliphatic carbocycles. The summed E-state index contributed by atoms with van der Waals surface area (Å²) >= 11 is 1.49. The lowest BCUT2D eigenvalue weighted by atomic mass is 10.2. The molecule has 0 spiro atoms. The molecule has 0 amide bonds. The zero-order chi connectivity index (χ0) is 22.8. The zero-order valence-corrected chi connectivity index (χ0v) is 18.8. The molecule has 0 saturated heterocycles. The molecule has 7 nitrogen and oxygen atoms in total. The predicted molar refractivity (Wildman–Crippen MR) is 134 cm³/mol. The van der Waals surface area contributed by atoms with Crippen LogP contribution in [-0.4, -0.2) is 19.4 Å². The van der Waals surface area contributed by atoms with Gasteiger partial charge in [0.2, 0.25) is 5.95 Å². The van der Waals surface area contributed by atoms with E-state index in [1.165, 1.54) is 11.8 Å². The molecule has 33 heavy (non-hydrogen) atoms. The Labute approximate surface area is 194 Å². The number of rotatable bonds is 6. The summed E-state index contributed by atoms with van der Waals surface area (Å²) in [7, 11) is 0. The first-order chi connectivity index (χ1) is 16.1. The lowest BCUT2D eigenvalue weighted by Crippen LogP contribution is -2.30. The topological polar surface area (TPSA) is 90.8 Å². The van der Waals surface area contributed by atoms with Gasteiger partial charge in [-0.05, 0) is 36.8 Å². The third-order valence-electron chi connectivity index (χ3n) is 5.23. The van der Waals surface area contributed by atoms with Crippen molar-refractivity contribution in [1.82, 2.24) is 19.4 Å². The Bertz CT molecular complexity index is 1460. The second-order valence-electron chi connectivity index (χ2n) is 7.63. The summed E-state index contributed by atoms with van der Waals surface area (Å²) in [5.74, 6) is 7.10. The van der Waals surface area contributed by atoms with Gasteiger partial charge in [-0.3, -0.25) is 4.79 Å². The van der Waals surface area contributed by atoms with Gasteiger partial charge in [0.15, 0.2) is 5.65 Å². The number of hydrogen-bond acceptors (Lipinski definition) is 6.